The highest BCUT2D eigenvalue weighted by molar-refractivity contribution is 6.74. The zero-order chi connectivity index (χ0) is 16.2. The van der Waals surface area contributed by atoms with Gasteiger partial charge in [-0.1, -0.05) is 34.6 Å². The van der Waals surface area contributed by atoms with Crippen molar-refractivity contribution in [1.29, 1.82) is 0 Å². The summed E-state index contributed by atoms with van der Waals surface area (Å²) >= 11 is 0. The lowest BCUT2D eigenvalue weighted by Crippen LogP contribution is -2.42. The summed E-state index contributed by atoms with van der Waals surface area (Å²) in [4.78, 5) is 3.67. The van der Waals surface area contributed by atoms with Crippen LogP contribution in [-0.4, -0.2) is 33.4 Å². The van der Waals surface area contributed by atoms with E-state index in [4.69, 9.17) is 4.43 Å². The van der Waals surface area contributed by atoms with Gasteiger partial charge in [0, 0.05) is 6.61 Å². The van der Waals surface area contributed by atoms with Crippen LogP contribution in [-0.2, 0) is 4.43 Å². The van der Waals surface area contributed by atoms with E-state index in [1.54, 1.807) is 0 Å². The molecule has 0 saturated heterocycles. The third kappa shape index (κ3) is 8.04. The molecule has 6 heteroatoms. The molecule has 0 radical (unpaired) electrons. The minimum atomic E-state index is -4.35. The Morgan fingerprint density at radius 1 is 1.15 bits per heavy atom. The molecule has 0 rings (SSSR count). The van der Waals surface area contributed by atoms with Crippen molar-refractivity contribution < 1.29 is 17.6 Å². The summed E-state index contributed by atoms with van der Waals surface area (Å²) in [6.45, 7) is 14.7. The van der Waals surface area contributed by atoms with Gasteiger partial charge in [0.1, 0.15) is 6.21 Å². The highest BCUT2D eigenvalue weighted by atomic mass is 28.4. The summed E-state index contributed by atoms with van der Waals surface area (Å²) in [5.74, 6) is 0.286. The molecule has 0 amide bonds. The molecule has 0 spiro atoms. The predicted molar refractivity (Wildman–Crippen MR) is 80.9 cm³/mol. The Morgan fingerprint density at radius 3 is 2.00 bits per heavy atom. The van der Waals surface area contributed by atoms with E-state index in [1.165, 1.54) is 0 Å². The lowest BCUT2D eigenvalue weighted by molar-refractivity contribution is -0.0540. The van der Waals surface area contributed by atoms with Gasteiger partial charge < -0.3 is 4.43 Å². The molecule has 0 bridgehead atoms. The molecular weight excluding hydrogens is 283 g/mol. The minimum absolute atomic E-state index is 0.0448. The van der Waals surface area contributed by atoms with E-state index >= 15 is 0 Å². The summed E-state index contributed by atoms with van der Waals surface area (Å²) in [5, 5.41) is 0.0448. The summed E-state index contributed by atoms with van der Waals surface area (Å²) in [7, 11) is -1.95. The van der Waals surface area contributed by atoms with Crippen LogP contribution in [0.1, 0.15) is 41.0 Å². The lowest BCUT2D eigenvalue weighted by atomic mass is 10.1. The lowest BCUT2D eigenvalue weighted by Gasteiger charge is -2.49. The minimum Gasteiger partial charge on any atom is -0.563 e. The molecule has 0 N–H and O–H groups in total. The van der Waals surface area contributed by atoms with Crippen LogP contribution >= 0.6 is 0 Å². The van der Waals surface area contributed by atoms with Crippen LogP contribution in [0.25, 0.3) is 0 Å². The van der Waals surface area contributed by atoms with Crippen LogP contribution in [0.3, 0.4) is 0 Å². The van der Waals surface area contributed by atoms with Gasteiger partial charge in [0.2, 0.25) is 0 Å². The summed E-state index contributed by atoms with van der Waals surface area (Å²) in [6, 6.07) is -0.425. The SMILES string of the molecule is CC(C)C[C@@H](CO[Si-](C)(C)C(C)(C)C)N=CC(F)(F)F. The van der Waals surface area contributed by atoms with Crippen molar-refractivity contribution in [2.24, 2.45) is 10.9 Å². The maximum atomic E-state index is 12.2. The molecule has 0 aromatic carbocycles. The van der Waals surface area contributed by atoms with Gasteiger partial charge in [-0.15, -0.1) is 18.1 Å². The fourth-order valence-electron chi connectivity index (χ4n) is 1.43. The average Bonchev–Trinajstić information content (AvgIpc) is 2.18. The highest BCUT2D eigenvalue weighted by Crippen LogP contribution is 2.36. The first kappa shape index (κ1) is 19.6. The topological polar surface area (TPSA) is 21.6 Å². The summed E-state index contributed by atoms with van der Waals surface area (Å²) in [6.07, 6.45) is -3.66. The van der Waals surface area contributed by atoms with Crippen molar-refractivity contribution in [3.63, 3.8) is 0 Å². The smallest absolute Gasteiger partial charge is 0.426 e. The van der Waals surface area contributed by atoms with Crippen molar-refractivity contribution in [3.8, 4) is 0 Å². The Balaban J connectivity index is 4.72. The summed E-state index contributed by atoms with van der Waals surface area (Å²) < 4.78 is 42.7. The van der Waals surface area contributed by atoms with Gasteiger partial charge in [0.15, 0.2) is 0 Å². The molecule has 0 fully saturated rings. The number of aliphatic imine (C=N–C) groups is 1. The number of hydrogen-bond donors (Lipinski definition) is 0. The van der Waals surface area contributed by atoms with Crippen LogP contribution in [0.4, 0.5) is 13.2 Å². The normalized spacial score (nSPS) is 16.1. The zero-order valence-corrected chi connectivity index (χ0v) is 14.6. The molecule has 20 heavy (non-hydrogen) atoms. The van der Waals surface area contributed by atoms with Gasteiger partial charge in [0.25, 0.3) is 0 Å². The van der Waals surface area contributed by atoms with Crippen LogP contribution in [0.2, 0.25) is 18.1 Å². The van der Waals surface area contributed by atoms with E-state index in [9.17, 15) is 13.2 Å². The Morgan fingerprint density at radius 2 is 1.65 bits per heavy atom. The largest absolute Gasteiger partial charge is 0.563 e. The fraction of sp³-hybridized carbons (Fsp3) is 0.929. The Bertz CT molecular complexity index is 319. The molecule has 121 valence electrons. The second-order valence-electron chi connectivity index (χ2n) is 7.17. The van der Waals surface area contributed by atoms with E-state index < -0.39 is 20.5 Å². The molecule has 0 aliphatic carbocycles. The monoisotopic (exact) mass is 311 g/mol. The van der Waals surface area contributed by atoms with Crippen molar-refractivity contribution >= 4 is 14.5 Å². The predicted octanol–water partition coefficient (Wildman–Crippen LogP) is 5.06. The van der Waals surface area contributed by atoms with E-state index in [-0.39, 0.29) is 23.8 Å². The standard InChI is InChI=1S/C14H28F3NOSi/c1-11(2)8-12(18-10-14(15,16)17)9-19-20(6,7)13(3,4)5/h10-12H,8-9H2,1-7H3/q-1/t12-/m0/s1. The Labute approximate surface area is 121 Å². The van der Waals surface area contributed by atoms with Crippen molar-refractivity contribution in [2.45, 2.75) is 71.4 Å². The maximum Gasteiger partial charge on any atom is 0.426 e. The molecule has 1 atom stereocenters. The Hall–Kier alpha value is -0.363. The second-order valence-corrected chi connectivity index (χ2v) is 12.0. The number of nitrogens with zero attached hydrogens (tertiary/aromatic N) is 1. The van der Waals surface area contributed by atoms with Crippen molar-refractivity contribution in [1.82, 2.24) is 0 Å². The second kappa shape index (κ2) is 7.07. The number of alkyl halides is 3. The van der Waals surface area contributed by atoms with Crippen molar-refractivity contribution in [3.05, 3.63) is 0 Å². The van der Waals surface area contributed by atoms with Crippen molar-refractivity contribution in [2.75, 3.05) is 6.61 Å². The molecular formula is C14H28F3NOSi-. The van der Waals surface area contributed by atoms with E-state index in [0.717, 1.165) is 0 Å². The third-order valence-corrected chi connectivity index (χ3v) is 8.12. The molecule has 0 saturated carbocycles. The number of halogens is 3. The summed E-state index contributed by atoms with van der Waals surface area (Å²) in [5.41, 5.74) is 0. The van der Waals surface area contributed by atoms with Crippen LogP contribution in [0.5, 0.6) is 0 Å². The van der Waals surface area contributed by atoms with Gasteiger partial charge in [0.05, 0.1) is 6.04 Å². The van der Waals surface area contributed by atoms with Gasteiger partial charge >= 0.3 is 6.18 Å². The zero-order valence-electron chi connectivity index (χ0n) is 13.6. The quantitative estimate of drug-likeness (QED) is 0.496. The van der Waals surface area contributed by atoms with Crippen LogP contribution in [0, 0.1) is 5.92 Å². The first-order valence-corrected chi connectivity index (χ1v) is 9.90. The number of hydrogen-bond acceptors (Lipinski definition) is 2. The van der Waals surface area contributed by atoms with Gasteiger partial charge in [-0.25, -0.2) is 0 Å². The molecule has 0 unspecified atom stereocenters. The molecule has 2 nitrogen and oxygen atoms in total. The third-order valence-electron chi connectivity index (χ3n) is 3.62. The fourth-order valence-corrected chi connectivity index (χ4v) is 2.47. The van der Waals surface area contributed by atoms with E-state index in [1.807, 2.05) is 13.8 Å². The first-order valence-electron chi connectivity index (χ1n) is 6.99. The number of rotatable bonds is 6. The Kier molecular flexibility index (Phi) is 6.94. The molecule has 0 aliphatic heterocycles. The maximum absolute atomic E-state index is 12.2. The van der Waals surface area contributed by atoms with Crippen LogP contribution in [0.15, 0.2) is 4.99 Å². The first-order chi connectivity index (χ1) is 8.74. The van der Waals surface area contributed by atoms with E-state index in [2.05, 4.69) is 38.9 Å². The van der Waals surface area contributed by atoms with Gasteiger partial charge in [-0.2, -0.15) is 13.2 Å². The molecule has 0 aromatic rings. The molecule has 0 heterocycles. The van der Waals surface area contributed by atoms with Crippen LogP contribution < -0.4 is 0 Å². The van der Waals surface area contributed by atoms with Gasteiger partial charge in [-0.05, 0) is 20.7 Å². The molecule has 0 aromatic heterocycles. The highest BCUT2D eigenvalue weighted by Gasteiger charge is 2.27. The molecule has 0 aliphatic rings. The van der Waals surface area contributed by atoms with E-state index in [0.29, 0.717) is 6.42 Å². The van der Waals surface area contributed by atoms with Gasteiger partial charge in [-0.3, -0.25) is 4.99 Å². The average molecular weight is 311 g/mol.